The number of aliphatic hydroxyl groups is 1. The molecule has 0 saturated heterocycles. The van der Waals surface area contributed by atoms with Gasteiger partial charge in [-0.05, 0) is 0 Å². The predicted octanol–water partition coefficient (Wildman–Crippen LogP) is 0.322. The molecule has 0 atom stereocenters. The van der Waals surface area contributed by atoms with Gasteiger partial charge in [-0.25, -0.2) is 0 Å². The molecule has 1 aliphatic carbocycles. The number of ether oxygens (including phenoxy) is 1. The zero-order chi connectivity index (χ0) is 8.55. The van der Waals surface area contributed by atoms with Gasteiger partial charge in [-0.15, -0.1) is 0 Å². The van der Waals surface area contributed by atoms with Crippen LogP contribution < -0.4 is 4.74 Å². The average Bonchev–Trinajstić information content (AvgIpc) is 2.33. The van der Waals surface area contributed by atoms with Crippen molar-refractivity contribution in [2.75, 3.05) is 0 Å². The minimum atomic E-state index is -0.160. The zero-order valence-corrected chi connectivity index (χ0v) is 6.97. The summed E-state index contributed by atoms with van der Waals surface area (Å²) in [5, 5.41) is 13.0. The van der Waals surface area contributed by atoms with Crippen LogP contribution >= 0.6 is 0 Å². The normalized spacial score (nSPS) is 28.2. The molecule has 0 aromatic carbocycles. The lowest BCUT2D eigenvalue weighted by Crippen LogP contribution is -2.37. The number of nitrogens with zero attached hydrogens (tertiary/aromatic N) is 2. The Labute approximate surface area is 70.8 Å². The molecule has 0 amide bonds. The van der Waals surface area contributed by atoms with Crippen molar-refractivity contribution in [1.82, 2.24) is 9.78 Å². The number of rotatable bonds is 2. The molecule has 0 unspecified atom stereocenters. The van der Waals surface area contributed by atoms with Gasteiger partial charge in [0.25, 0.3) is 0 Å². The van der Waals surface area contributed by atoms with Crippen molar-refractivity contribution in [3.05, 3.63) is 12.4 Å². The van der Waals surface area contributed by atoms with Crippen LogP contribution in [0.4, 0.5) is 0 Å². The van der Waals surface area contributed by atoms with Crippen LogP contribution in [0.5, 0.6) is 5.75 Å². The molecule has 4 nitrogen and oxygen atoms in total. The standard InChI is InChI=1S/C8H12N2O2/c1-10-5-8(4-9-10)12-7-2-6(11)3-7/h4-7,11H,2-3H2,1H3. The third-order valence-corrected chi connectivity index (χ3v) is 2.05. The van der Waals surface area contributed by atoms with Gasteiger partial charge in [0.15, 0.2) is 5.75 Å². The van der Waals surface area contributed by atoms with Crippen molar-refractivity contribution in [3.63, 3.8) is 0 Å². The maximum absolute atomic E-state index is 9.00. The average molecular weight is 168 g/mol. The summed E-state index contributed by atoms with van der Waals surface area (Å²) in [6.45, 7) is 0. The lowest BCUT2D eigenvalue weighted by molar-refractivity contribution is -0.0108. The number of aromatic nitrogens is 2. The van der Waals surface area contributed by atoms with E-state index in [1.165, 1.54) is 0 Å². The maximum Gasteiger partial charge on any atom is 0.157 e. The van der Waals surface area contributed by atoms with Crippen LogP contribution in [0.1, 0.15) is 12.8 Å². The van der Waals surface area contributed by atoms with Gasteiger partial charge in [-0.2, -0.15) is 5.10 Å². The molecule has 1 aromatic heterocycles. The molecule has 66 valence electrons. The Balaban J connectivity index is 1.88. The van der Waals surface area contributed by atoms with E-state index >= 15 is 0 Å². The zero-order valence-electron chi connectivity index (χ0n) is 6.97. The largest absolute Gasteiger partial charge is 0.487 e. The summed E-state index contributed by atoms with van der Waals surface area (Å²) in [7, 11) is 1.85. The molecule has 2 rings (SSSR count). The fraction of sp³-hybridized carbons (Fsp3) is 0.625. The van der Waals surface area contributed by atoms with Gasteiger partial charge in [0.2, 0.25) is 0 Å². The highest BCUT2D eigenvalue weighted by Gasteiger charge is 2.29. The van der Waals surface area contributed by atoms with Crippen LogP contribution in [0.2, 0.25) is 0 Å². The quantitative estimate of drug-likeness (QED) is 0.692. The first-order valence-corrected chi connectivity index (χ1v) is 4.07. The summed E-state index contributed by atoms with van der Waals surface area (Å²) >= 11 is 0. The smallest absolute Gasteiger partial charge is 0.157 e. The second kappa shape index (κ2) is 2.79. The highest BCUT2D eigenvalue weighted by atomic mass is 16.5. The van der Waals surface area contributed by atoms with Gasteiger partial charge in [0.05, 0.1) is 18.5 Å². The summed E-state index contributed by atoms with van der Waals surface area (Å²) in [6, 6.07) is 0. The van der Waals surface area contributed by atoms with Crippen LogP contribution in [0.25, 0.3) is 0 Å². The molecule has 4 heteroatoms. The summed E-state index contributed by atoms with van der Waals surface area (Å²) in [6.07, 6.45) is 5.02. The van der Waals surface area contributed by atoms with Crippen LogP contribution in [0.15, 0.2) is 12.4 Å². The third kappa shape index (κ3) is 1.43. The molecular weight excluding hydrogens is 156 g/mol. The van der Waals surface area contributed by atoms with Gasteiger partial charge in [-0.1, -0.05) is 0 Å². The van der Waals surface area contributed by atoms with Crippen molar-refractivity contribution in [2.45, 2.75) is 25.0 Å². The monoisotopic (exact) mass is 168 g/mol. The van der Waals surface area contributed by atoms with E-state index in [-0.39, 0.29) is 12.2 Å². The van der Waals surface area contributed by atoms with E-state index in [1.807, 2.05) is 13.2 Å². The molecular formula is C8H12N2O2. The molecule has 1 aromatic rings. The lowest BCUT2D eigenvalue weighted by atomic mass is 9.92. The maximum atomic E-state index is 9.00. The number of aryl methyl sites for hydroxylation is 1. The van der Waals surface area contributed by atoms with Crippen molar-refractivity contribution in [1.29, 1.82) is 0 Å². The van der Waals surface area contributed by atoms with Crippen molar-refractivity contribution in [3.8, 4) is 5.75 Å². The number of hydrogen-bond acceptors (Lipinski definition) is 3. The number of aliphatic hydroxyl groups excluding tert-OH is 1. The van der Waals surface area contributed by atoms with Gasteiger partial charge in [0, 0.05) is 19.9 Å². The van der Waals surface area contributed by atoms with Gasteiger partial charge >= 0.3 is 0 Å². The van der Waals surface area contributed by atoms with Crippen LogP contribution in [-0.4, -0.2) is 27.1 Å². The Hall–Kier alpha value is -1.03. The minimum absolute atomic E-state index is 0.160. The van der Waals surface area contributed by atoms with E-state index < -0.39 is 0 Å². The van der Waals surface area contributed by atoms with E-state index in [0.29, 0.717) is 0 Å². The molecule has 0 bridgehead atoms. The predicted molar refractivity (Wildman–Crippen MR) is 42.9 cm³/mol. The fourth-order valence-electron chi connectivity index (χ4n) is 1.29. The molecule has 1 fully saturated rings. The molecule has 0 spiro atoms. The Morgan fingerprint density at radius 1 is 1.67 bits per heavy atom. The van der Waals surface area contributed by atoms with Crippen molar-refractivity contribution in [2.24, 2.45) is 7.05 Å². The first-order valence-electron chi connectivity index (χ1n) is 4.07. The Morgan fingerprint density at radius 3 is 2.92 bits per heavy atom. The number of hydrogen-bond donors (Lipinski definition) is 1. The summed E-state index contributed by atoms with van der Waals surface area (Å²) in [4.78, 5) is 0. The van der Waals surface area contributed by atoms with E-state index in [0.717, 1.165) is 18.6 Å². The van der Waals surface area contributed by atoms with E-state index in [2.05, 4.69) is 5.10 Å². The topological polar surface area (TPSA) is 47.3 Å². The molecule has 0 radical (unpaired) electrons. The Kier molecular flexibility index (Phi) is 1.77. The molecule has 1 heterocycles. The lowest BCUT2D eigenvalue weighted by Gasteiger charge is -2.30. The van der Waals surface area contributed by atoms with Gasteiger partial charge in [-0.3, -0.25) is 4.68 Å². The van der Waals surface area contributed by atoms with Crippen LogP contribution in [-0.2, 0) is 7.05 Å². The second-order valence-corrected chi connectivity index (χ2v) is 3.21. The summed E-state index contributed by atoms with van der Waals surface area (Å²) in [5.74, 6) is 0.786. The molecule has 1 saturated carbocycles. The Bertz CT molecular complexity index is 266. The van der Waals surface area contributed by atoms with Gasteiger partial charge < -0.3 is 9.84 Å². The Morgan fingerprint density at radius 2 is 2.42 bits per heavy atom. The van der Waals surface area contributed by atoms with Gasteiger partial charge in [0.1, 0.15) is 6.10 Å². The van der Waals surface area contributed by atoms with E-state index in [9.17, 15) is 0 Å². The highest BCUT2D eigenvalue weighted by molar-refractivity contribution is 5.12. The third-order valence-electron chi connectivity index (χ3n) is 2.05. The highest BCUT2D eigenvalue weighted by Crippen LogP contribution is 2.24. The van der Waals surface area contributed by atoms with Crippen molar-refractivity contribution >= 4 is 0 Å². The van der Waals surface area contributed by atoms with Crippen LogP contribution in [0, 0.1) is 0 Å². The van der Waals surface area contributed by atoms with Crippen LogP contribution in [0.3, 0.4) is 0 Å². The van der Waals surface area contributed by atoms with E-state index in [4.69, 9.17) is 9.84 Å². The first-order chi connectivity index (χ1) is 5.74. The molecule has 0 aliphatic heterocycles. The SMILES string of the molecule is Cn1cc(OC2CC(O)C2)cn1. The summed E-state index contributed by atoms with van der Waals surface area (Å²) < 4.78 is 7.20. The minimum Gasteiger partial charge on any atom is -0.487 e. The summed E-state index contributed by atoms with van der Waals surface area (Å²) in [5.41, 5.74) is 0. The molecule has 1 aliphatic rings. The second-order valence-electron chi connectivity index (χ2n) is 3.21. The van der Waals surface area contributed by atoms with Crippen molar-refractivity contribution < 1.29 is 9.84 Å². The van der Waals surface area contributed by atoms with E-state index in [1.54, 1.807) is 10.9 Å². The molecule has 12 heavy (non-hydrogen) atoms. The fourth-order valence-corrected chi connectivity index (χ4v) is 1.29. The molecule has 1 N–H and O–H groups in total. The first kappa shape index (κ1) is 7.61.